The third-order valence-corrected chi connectivity index (χ3v) is 6.36. The molecule has 0 unspecified atom stereocenters. The normalized spacial score (nSPS) is 15.5. The van der Waals surface area contributed by atoms with Gasteiger partial charge >= 0.3 is 0 Å². The number of fused-ring (bicyclic) bond motifs is 1. The van der Waals surface area contributed by atoms with Crippen LogP contribution in [0.1, 0.15) is 11.3 Å². The Kier molecular flexibility index (Phi) is 4.70. The predicted molar refractivity (Wildman–Crippen MR) is 106 cm³/mol. The van der Waals surface area contributed by atoms with E-state index in [1.165, 1.54) is 60.4 Å². The second kappa shape index (κ2) is 7.23. The van der Waals surface area contributed by atoms with Gasteiger partial charge in [0.2, 0.25) is 5.78 Å². The van der Waals surface area contributed by atoms with Gasteiger partial charge in [0.15, 0.2) is 5.76 Å². The van der Waals surface area contributed by atoms with Crippen LogP contribution in [0.4, 0.5) is 4.39 Å². The van der Waals surface area contributed by atoms with E-state index in [-0.39, 0.29) is 21.8 Å². The first kappa shape index (κ1) is 19.5. The Hall–Kier alpha value is -3.79. The summed E-state index contributed by atoms with van der Waals surface area (Å²) in [7, 11) is -2.78. The molecule has 1 aliphatic rings. The van der Waals surface area contributed by atoms with Crippen LogP contribution >= 0.6 is 0 Å². The number of hydrogen-bond donors (Lipinski definition) is 1. The molecule has 1 aliphatic heterocycles. The van der Waals surface area contributed by atoms with E-state index in [1.54, 1.807) is 12.1 Å². The van der Waals surface area contributed by atoms with Crippen LogP contribution in [0.5, 0.6) is 0 Å². The van der Waals surface area contributed by atoms with Crippen LogP contribution in [0.2, 0.25) is 0 Å². The van der Waals surface area contributed by atoms with E-state index in [0.717, 1.165) is 10.4 Å². The number of sulfonamides is 1. The summed E-state index contributed by atoms with van der Waals surface area (Å²) < 4.78 is 40.8. The zero-order valence-electron chi connectivity index (χ0n) is 15.6. The SMILES string of the molecule is CN1C(C(=O)/C=C/c2cn(-c3cccc(F)c3)nn2)=C(O)c2ccccc2S1(=O)=O. The van der Waals surface area contributed by atoms with Crippen LogP contribution in [0.15, 0.2) is 71.4 Å². The summed E-state index contributed by atoms with van der Waals surface area (Å²) >= 11 is 0. The largest absolute Gasteiger partial charge is 0.505 e. The first-order valence-corrected chi connectivity index (χ1v) is 10.2. The summed E-state index contributed by atoms with van der Waals surface area (Å²) in [5.41, 5.74) is 0.421. The van der Waals surface area contributed by atoms with Crippen LogP contribution in [0.3, 0.4) is 0 Å². The number of nitrogens with zero attached hydrogens (tertiary/aromatic N) is 4. The van der Waals surface area contributed by atoms with Crippen molar-refractivity contribution in [1.29, 1.82) is 0 Å². The fraction of sp³-hybridized carbons (Fsp3) is 0.0500. The molecule has 0 saturated heterocycles. The molecule has 0 spiro atoms. The van der Waals surface area contributed by atoms with E-state index in [1.807, 2.05) is 0 Å². The third kappa shape index (κ3) is 3.26. The van der Waals surface area contributed by atoms with E-state index in [4.69, 9.17) is 0 Å². The Labute approximate surface area is 171 Å². The van der Waals surface area contributed by atoms with Crippen molar-refractivity contribution in [3.63, 3.8) is 0 Å². The highest BCUT2D eigenvalue weighted by atomic mass is 32.2. The lowest BCUT2D eigenvalue weighted by Gasteiger charge is -2.27. The number of carbonyl (C=O) groups excluding carboxylic acids is 1. The molecule has 0 bridgehead atoms. The smallest absolute Gasteiger partial charge is 0.265 e. The molecule has 0 atom stereocenters. The molecule has 1 N–H and O–H groups in total. The van der Waals surface area contributed by atoms with Crippen LogP contribution in [0.25, 0.3) is 17.5 Å². The Morgan fingerprint density at radius 2 is 1.93 bits per heavy atom. The van der Waals surface area contributed by atoms with Gasteiger partial charge in [-0.15, -0.1) is 5.10 Å². The van der Waals surface area contributed by atoms with Crippen molar-refractivity contribution in [2.75, 3.05) is 7.05 Å². The van der Waals surface area contributed by atoms with E-state index in [9.17, 15) is 22.7 Å². The lowest BCUT2D eigenvalue weighted by atomic mass is 10.1. The Morgan fingerprint density at radius 3 is 2.70 bits per heavy atom. The summed E-state index contributed by atoms with van der Waals surface area (Å²) in [5.74, 6) is -1.59. The maximum Gasteiger partial charge on any atom is 0.265 e. The van der Waals surface area contributed by atoms with Crippen molar-refractivity contribution in [3.8, 4) is 5.69 Å². The van der Waals surface area contributed by atoms with Gasteiger partial charge in [-0.2, -0.15) is 0 Å². The third-order valence-electron chi connectivity index (χ3n) is 4.54. The van der Waals surface area contributed by atoms with Crippen LogP contribution < -0.4 is 0 Å². The predicted octanol–water partition coefficient (Wildman–Crippen LogP) is 2.55. The fourth-order valence-electron chi connectivity index (χ4n) is 3.04. The highest BCUT2D eigenvalue weighted by Crippen LogP contribution is 2.34. The minimum Gasteiger partial charge on any atom is -0.505 e. The number of likely N-dealkylation sites (N-methyl/N-ethyl adjacent to an activating group) is 1. The lowest BCUT2D eigenvalue weighted by molar-refractivity contribution is -0.112. The highest BCUT2D eigenvalue weighted by Gasteiger charge is 2.36. The molecule has 8 nitrogen and oxygen atoms in total. The molecular weight excluding hydrogens is 411 g/mol. The van der Waals surface area contributed by atoms with Crippen molar-refractivity contribution in [1.82, 2.24) is 19.3 Å². The number of ketones is 1. The summed E-state index contributed by atoms with van der Waals surface area (Å²) in [5, 5.41) is 18.3. The van der Waals surface area contributed by atoms with Gasteiger partial charge in [0, 0.05) is 12.6 Å². The molecule has 3 aromatic rings. The number of rotatable bonds is 4. The highest BCUT2D eigenvalue weighted by molar-refractivity contribution is 7.89. The fourth-order valence-corrected chi connectivity index (χ4v) is 4.45. The van der Waals surface area contributed by atoms with Gasteiger partial charge < -0.3 is 5.11 Å². The van der Waals surface area contributed by atoms with Crippen LogP contribution in [-0.2, 0) is 14.8 Å². The van der Waals surface area contributed by atoms with Gasteiger partial charge in [0.05, 0.1) is 16.8 Å². The molecule has 30 heavy (non-hydrogen) atoms. The molecule has 2 aromatic carbocycles. The molecule has 2 heterocycles. The van der Waals surface area contributed by atoms with Crippen molar-refractivity contribution in [2.24, 2.45) is 0 Å². The van der Waals surface area contributed by atoms with Gasteiger partial charge in [-0.1, -0.05) is 23.4 Å². The first-order valence-electron chi connectivity index (χ1n) is 8.71. The van der Waals surface area contributed by atoms with Crippen molar-refractivity contribution in [3.05, 3.63) is 83.6 Å². The number of aliphatic hydroxyl groups is 1. The maximum absolute atomic E-state index is 13.4. The number of aliphatic hydroxyl groups excluding tert-OH is 1. The number of aromatic nitrogens is 3. The Bertz CT molecular complexity index is 1330. The quantitative estimate of drug-likeness (QED) is 0.643. The Balaban J connectivity index is 1.65. The van der Waals surface area contributed by atoms with Gasteiger partial charge in [0.25, 0.3) is 10.0 Å². The molecule has 10 heteroatoms. The summed E-state index contributed by atoms with van der Waals surface area (Å²) in [6, 6.07) is 11.6. The van der Waals surface area contributed by atoms with Crippen molar-refractivity contribution < 1.29 is 22.7 Å². The monoisotopic (exact) mass is 426 g/mol. The van der Waals surface area contributed by atoms with Gasteiger partial charge in [0.1, 0.15) is 17.2 Å². The number of halogens is 1. The molecule has 1 aromatic heterocycles. The number of allylic oxidation sites excluding steroid dienone is 1. The first-order chi connectivity index (χ1) is 14.3. The summed E-state index contributed by atoms with van der Waals surface area (Å²) in [6.07, 6.45) is 3.89. The molecular formula is C20H15FN4O4S. The maximum atomic E-state index is 13.4. The minimum absolute atomic E-state index is 0.0596. The van der Waals surface area contributed by atoms with E-state index in [2.05, 4.69) is 10.3 Å². The second-order valence-corrected chi connectivity index (χ2v) is 8.37. The number of hydrogen-bond acceptors (Lipinski definition) is 6. The lowest BCUT2D eigenvalue weighted by Crippen LogP contribution is -2.34. The average molecular weight is 426 g/mol. The molecule has 4 rings (SSSR count). The number of carbonyl (C=O) groups is 1. The molecule has 0 aliphatic carbocycles. The van der Waals surface area contributed by atoms with Gasteiger partial charge in [-0.05, 0) is 42.5 Å². The van der Waals surface area contributed by atoms with E-state index in [0.29, 0.717) is 5.69 Å². The Morgan fingerprint density at radius 1 is 1.17 bits per heavy atom. The summed E-state index contributed by atoms with van der Waals surface area (Å²) in [6.45, 7) is 0. The van der Waals surface area contributed by atoms with E-state index < -0.39 is 27.4 Å². The molecule has 0 amide bonds. The minimum atomic E-state index is -3.97. The number of benzene rings is 2. The topological polar surface area (TPSA) is 105 Å². The van der Waals surface area contributed by atoms with Gasteiger partial charge in [-0.25, -0.2) is 17.5 Å². The average Bonchev–Trinajstić information content (AvgIpc) is 3.20. The van der Waals surface area contributed by atoms with Crippen molar-refractivity contribution >= 4 is 27.6 Å². The molecule has 0 saturated carbocycles. The standard InChI is InChI=1S/C20H15FN4O4S/c1-24-19(20(27)16-7-2-3-8-18(16)30(24,28)29)17(26)10-9-14-12-25(23-22-14)15-6-4-5-13(21)11-15/h2-12,27H,1H3/b10-9+. The molecule has 0 fully saturated rings. The van der Waals surface area contributed by atoms with Crippen LogP contribution in [-0.4, -0.2) is 45.7 Å². The zero-order valence-corrected chi connectivity index (χ0v) is 16.4. The molecule has 0 radical (unpaired) electrons. The second-order valence-electron chi connectivity index (χ2n) is 6.43. The summed E-state index contributed by atoms with van der Waals surface area (Å²) in [4.78, 5) is 12.6. The van der Waals surface area contributed by atoms with E-state index >= 15 is 0 Å². The van der Waals surface area contributed by atoms with Crippen LogP contribution in [0, 0.1) is 5.82 Å². The van der Waals surface area contributed by atoms with Crippen molar-refractivity contribution in [2.45, 2.75) is 4.90 Å². The molecule has 152 valence electrons. The zero-order chi connectivity index (χ0) is 21.5. The van der Waals surface area contributed by atoms with Gasteiger partial charge in [-0.3, -0.25) is 9.10 Å².